The van der Waals surface area contributed by atoms with Crippen LogP contribution in [0.5, 0.6) is 0 Å². The van der Waals surface area contributed by atoms with Gasteiger partial charge >= 0.3 is 0 Å². The second-order valence-electron chi connectivity index (χ2n) is 3.76. The first kappa shape index (κ1) is 14.4. The van der Waals surface area contributed by atoms with Crippen LogP contribution in [0.2, 0.25) is 0 Å². The molecule has 0 aliphatic rings. The molecule has 15 heavy (non-hydrogen) atoms. The fourth-order valence-electron chi connectivity index (χ4n) is 1.53. The summed E-state index contributed by atoms with van der Waals surface area (Å²) in [7, 11) is 1.52. The number of methoxy groups -OCH3 is 1. The van der Waals surface area contributed by atoms with Crippen molar-refractivity contribution in [3.8, 4) is 0 Å². The van der Waals surface area contributed by atoms with Gasteiger partial charge in [-0.3, -0.25) is 0 Å². The Morgan fingerprint density at radius 1 is 1.07 bits per heavy atom. The Bertz CT molecular complexity index is 142. The van der Waals surface area contributed by atoms with E-state index >= 15 is 0 Å². The Labute approximate surface area is 92.3 Å². The molecular weight excluding hydrogens is 194 g/mol. The minimum Gasteiger partial charge on any atom is -0.344 e. The van der Waals surface area contributed by atoms with Crippen LogP contribution < -0.4 is 0 Å². The van der Waals surface area contributed by atoms with Crippen molar-refractivity contribution < 1.29 is 9.57 Å². The van der Waals surface area contributed by atoms with E-state index in [4.69, 9.17) is 4.74 Å². The Kier molecular flexibility index (Phi) is 10.9. The fourth-order valence-corrected chi connectivity index (χ4v) is 1.53. The van der Waals surface area contributed by atoms with E-state index < -0.39 is 6.29 Å². The molecule has 0 aromatic carbocycles. The van der Waals surface area contributed by atoms with E-state index in [2.05, 4.69) is 17.1 Å². The molecule has 4 nitrogen and oxygen atoms in total. The molecule has 0 radical (unpaired) electrons. The molecule has 0 spiro atoms. The molecule has 0 saturated carbocycles. The Morgan fingerprint density at radius 3 is 2.20 bits per heavy atom. The highest BCUT2D eigenvalue weighted by Gasteiger charge is 2.07. The van der Waals surface area contributed by atoms with E-state index in [0.29, 0.717) is 0 Å². The fraction of sp³-hybridized carbons (Fsp3) is 1.00. The second kappa shape index (κ2) is 11.4. The minimum atomic E-state index is -0.460. The Morgan fingerprint density at radius 2 is 1.67 bits per heavy atom. The summed E-state index contributed by atoms with van der Waals surface area (Å²) in [5.74, 6) is 0. The summed E-state index contributed by atoms with van der Waals surface area (Å²) >= 11 is 0. The van der Waals surface area contributed by atoms with Crippen LogP contribution in [-0.4, -0.2) is 13.4 Å². The summed E-state index contributed by atoms with van der Waals surface area (Å²) in [6.07, 6.45) is 8.99. The molecule has 0 aliphatic carbocycles. The third kappa shape index (κ3) is 9.66. The summed E-state index contributed by atoms with van der Waals surface area (Å²) < 4.78 is 4.92. The second-order valence-corrected chi connectivity index (χ2v) is 3.76. The van der Waals surface area contributed by atoms with Gasteiger partial charge in [0, 0.05) is 13.5 Å². The molecule has 1 unspecified atom stereocenters. The maximum Gasteiger partial charge on any atom is 0.229 e. The topological polar surface area (TPSA) is 47.9 Å². The van der Waals surface area contributed by atoms with E-state index in [1.807, 2.05) is 0 Å². The van der Waals surface area contributed by atoms with Crippen molar-refractivity contribution in [1.82, 2.24) is 0 Å². The van der Waals surface area contributed by atoms with Crippen molar-refractivity contribution in [3.63, 3.8) is 0 Å². The monoisotopic (exact) mass is 217 g/mol. The summed E-state index contributed by atoms with van der Waals surface area (Å²) in [6.45, 7) is 2.22. The molecular formula is C11H23NO3. The minimum absolute atomic E-state index is 0.460. The predicted octanol–water partition coefficient (Wildman–Crippen LogP) is 3.80. The summed E-state index contributed by atoms with van der Waals surface area (Å²) in [6, 6.07) is 0. The number of hydrogen-bond donors (Lipinski definition) is 0. The number of ether oxygens (including phenoxy) is 1. The third-order valence-electron chi connectivity index (χ3n) is 2.47. The zero-order valence-electron chi connectivity index (χ0n) is 9.91. The first-order valence-corrected chi connectivity index (χ1v) is 5.86. The number of rotatable bonds is 11. The van der Waals surface area contributed by atoms with Crippen LogP contribution in [0, 0.1) is 4.91 Å². The summed E-state index contributed by atoms with van der Waals surface area (Å²) in [5, 5.41) is 2.37. The molecule has 0 rings (SSSR count). The molecule has 0 N–H and O–H groups in total. The van der Waals surface area contributed by atoms with Gasteiger partial charge in [-0.1, -0.05) is 45.4 Å². The van der Waals surface area contributed by atoms with Gasteiger partial charge in [0.25, 0.3) is 0 Å². The lowest BCUT2D eigenvalue weighted by Gasteiger charge is -2.10. The van der Waals surface area contributed by atoms with Crippen molar-refractivity contribution >= 4 is 0 Å². The van der Waals surface area contributed by atoms with E-state index in [1.165, 1.54) is 45.6 Å². The number of hydrogen-bond acceptors (Lipinski definition) is 4. The van der Waals surface area contributed by atoms with Crippen LogP contribution in [0.4, 0.5) is 0 Å². The van der Waals surface area contributed by atoms with Crippen LogP contribution >= 0.6 is 0 Å². The highest BCUT2D eigenvalue weighted by Crippen LogP contribution is 2.11. The maximum absolute atomic E-state index is 9.83. The molecule has 0 heterocycles. The van der Waals surface area contributed by atoms with Gasteiger partial charge in [0.1, 0.15) is 0 Å². The van der Waals surface area contributed by atoms with Crippen LogP contribution in [-0.2, 0) is 9.57 Å². The van der Waals surface area contributed by atoms with Crippen molar-refractivity contribution in [3.05, 3.63) is 4.91 Å². The van der Waals surface area contributed by atoms with Gasteiger partial charge in [0.05, 0.1) is 0 Å². The first-order chi connectivity index (χ1) is 7.35. The lowest BCUT2D eigenvalue weighted by molar-refractivity contribution is -0.129. The molecule has 0 bridgehead atoms. The van der Waals surface area contributed by atoms with Crippen LogP contribution in [0.25, 0.3) is 0 Å². The lowest BCUT2D eigenvalue weighted by atomic mass is 10.1. The molecule has 0 aromatic heterocycles. The molecule has 0 saturated heterocycles. The third-order valence-corrected chi connectivity index (χ3v) is 2.47. The van der Waals surface area contributed by atoms with Crippen molar-refractivity contribution in [2.75, 3.05) is 7.11 Å². The molecule has 0 amide bonds. The van der Waals surface area contributed by atoms with Gasteiger partial charge in [-0.15, -0.1) is 4.91 Å². The Balaban J connectivity index is 3.17. The lowest BCUT2D eigenvalue weighted by Crippen LogP contribution is -2.11. The summed E-state index contributed by atoms with van der Waals surface area (Å²) in [4.78, 5) is 14.3. The van der Waals surface area contributed by atoms with Crippen LogP contribution in [0.1, 0.15) is 58.3 Å². The molecule has 0 aromatic rings. The zero-order valence-corrected chi connectivity index (χ0v) is 9.91. The molecule has 4 heteroatoms. The van der Waals surface area contributed by atoms with E-state index in [1.54, 1.807) is 0 Å². The highest BCUT2D eigenvalue weighted by atomic mass is 16.8. The number of nitrogens with zero attached hydrogens (tertiary/aromatic N) is 1. The average molecular weight is 217 g/mol. The van der Waals surface area contributed by atoms with Crippen LogP contribution in [0.15, 0.2) is 5.34 Å². The van der Waals surface area contributed by atoms with Crippen LogP contribution in [0.3, 0.4) is 0 Å². The van der Waals surface area contributed by atoms with Gasteiger partial charge in [-0.25, -0.2) is 0 Å². The smallest absolute Gasteiger partial charge is 0.229 e. The van der Waals surface area contributed by atoms with E-state index in [-0.39, 0.29) is 0 Å². The van der Waals surface area contributed by atoms with E-state index in [0.717, 1.165) is 12.8 Å². The average Bonchev–Trinajstić information content (AvgIpc) is 2.26. The largest absolute Gasteiger partial charge is 0.344 e. The highest BCUT2D eigenvalue weighted by molar-refractivity contribution is 4.48. The van der Waals surface area contributed by atoms with Gasteiger partial charge in [-0.2, -0.15) is 0 Å². The standard InChI is InChI=1S/C11H23NO3/c1-3-4-5-6-7-8-9-10-11(14-2)15-12-13/h11H,3-10H2,1-2H3. The molecule has 0 aliphatic heterocycles. The van der Waals surface area contributed by atoms with Crippen molar-refractivity contribution in [2.24, 2.45) is 5.34 Å². The molecule has 90 valence electrons. The van der Waals surface area contributed by atoms with Crippen molar-refractivity contribution in [2.45, 2.75) is 64.6 Å². The van der Waals surface area contributed by atoms with Gasteiger partial charge in [0.2, 0.25) is 6.29 Å². The van der Waals surface area contributed by atoms with Gasteiger partial charge in [-0.05, 0) is 6.42 Å². The van der Waals surface area contributed by atoms with Gasteiger partial charge in [0.15, 0.2) is 5.34 Å². The molecule has 1 atom stereocenters. The quantitative estimate of drug-likeness (QED) is 0.229. The Hall–Kier alpha value is -0.640. The van der Waals surface area contributed by atoms with Crippen molar-refractivity contribution in [1.29, 1.82) is 0 Å². The van der Waals surface area contributed by atoms with Gasteiger partial charge < -0.3 is 9.57 Å². The summed E-state index contributed by atoms with van der Waals surface area (Å²) in [5.41, 5.74) is 0. The number of unbranched alkanes of at least 4 members (excludes halogenated alkanes) is 6. The predicted molar refractivity (Wildman–Crippen MR) is 60.3 cm³/mol. The molecule has 0 fully saturated rings. The van der Waals surface area contributed by atoms with E-state index in [9.17, 15) is 4.91 Å². The zero-order chi connectivity index (χ0) is 11.4. The maximum atomic E-state index is 9.83. The normalized spacial score (nSPS) is 12.4. The SMILES string of the molecule is CCCCCCCCCC(OC)ON=O. The first-order valence-electron chi connectivity index (χ1n) is 5.86.